The molecule has 1 atom stereocenters. The van der Waals surface area contributed by atoms with Crippen LogP contribution in [-0.2, 0) is 17.8 Å². The Morgan fingerprint density at radius 1 is 1.12 bits per heavy atom. The van der Waals surface area contributed by atoms with E-state index in [1.807, 2.05) is 18.2 Å². The Kier molecular flexibility index (Phi) is 3.86. The molecule has 0 spiro atoms. The lowest BCUT2D eigenvalue weighted by molar-refractivity contribution is -0.128. The van der Waals surface area contributed by atoms with Crippen molar-refractivity contribution in [3.8, 4) is 11.7 Å². The molecule has 3 aromatic rings. The summed E-state index contributed by atoms with van der Waals surface area (Å²) < 4.78 is 10.8. The fraction of sp³-hybridized carbons (Fsp3) is 0.278. The molecule has 6 heteroatoms. The van der Waals surface area contributed by atoms with Crippen LogP contribution >= 0.6 is 0 Å². The molecule has 2 aromatic heterocycles. The van der Waals surface area contributed by atoms with Crippen molar-refractivity contribution in [2.45, 2.75) is 19.4 Å². The Morgan fingerprint density at radius 2 is 2.00 bits per heavy atom. The molecule has 1 amide bonds. The van der Waals surface area contributed by atoms with Crippen molar-refractivity contribution in [2.75, 3.05) is 6.54 Å². The summed E-state index contributed by atoms with van der Waals surface area (Å²) in [4.78, 5) is 14.0. The van der Waals surface area contributed by atoms with E-state index in [1.54, 1.807) is 23.3 Å². The standard InChI is InChI=1S/C18H17N3O3/c22-17-10-14(9-13-5-2-1-3-6-13)11-21(17)12-16-19-20-18(24-16)15-7-4-8-23-15/h1-8,14H,9-12H2/t14-/m0/s1. The smallest absolute Gasteiger partial charge is 0.283 e. The average molecular weight is 323 g/mol. The molecule has 0 bridgehead atoms. The van der Waals surface area contributed by atoms with Crippen molar-refractivity contribution in [1.29, 1.82) is 0 Å². The van der Waals surface area contributed by atoms with Gasteiger partial charge >= 0.3 is 0 Å². The third kappa shape index (κ3) is 3.08. The van der Waals surface area contributed by atoms with Crippen molar-refractivity contribution in [3.05, 3.63) is 60.2 Å². The lowest BCUT2D eigenvalue weighted by atomic mass is 9.99. The molecule has 0 aliphatic carbocycles. The number of rotatable bonds is 5. The van der Waals surface area contributed by atoms with Crippen LogP contribution in [0.25, 0.3) is 11.7 Å². The number of nitrogens with zero attached hydrogens (tertiary/aromatic N) is 3. The second-order valence-electron chi connectivity index (χ2n) is 6.01. The Labute approximate surface area is 139 Å². The molecule has 6 nitrogen and oxygen atoms in total. The molecule has 1 aromatic carbocycles. The molecule has 1 saturated heterocycles. The van der Waals surface area contributed by atoms with Crippen molar-refractivity contribution in [2.24, 2.45) is 5.92 Å². The highest BCUT2D eigenvalue weighted by atomic mass is 16.4. The van der Waals surface area contributed by atoms with E-state index in [0.717, 1.165) is 6.42 Å². The van der Waals surface area contributed by atoms with Crippen LogP contribution in [0.5, 0.6) is 0 Å². The number of furan rings is 1. The van der Waals surface area contributed by atoms with E-state index in [4.69, 9.17) is 8.83 Å². The quantitative estimate of drug-likeness (QED) is 0.722. The van der Waals surface area contributed by atoms with Gasteiger partial charge < -0.3 is 13.7 Å². The normalized spacial score (nSPS) is 17.6. The van der Waals surface area contributed by atoms with Crippen LogP contribution in [-0.4, -0.2) is 27.5 Å². The van der Waals surface area contributed by atoms with Crippen LogP contribution in [0.2, 0.25) is 0 Å². The Hall–Kier alpha value is -2.89. The highest BCUT2D eigenvalue weighted by Gasteiger charge is 2.30. The number of hydrogen-bond donors (Lipinski definition) is 0. The highest BCUT2D eigenvalue weighted by Crippen LogP contribution is 2.24. The lowest BCUT2D eigenvalue weighted by Crippen LogP contribution is -2.25. The molecular weight excluding hydrogens is 306 g/mol. The molecular formula is C18H17N3O3. The first-order valence-electron chi connectivity index (χ1n) is 7.96. The van der Waals surface area contributed by atoms with Gasteiger partial charge in [0, 0.05) is 13.0 Å². The zero-order valence-electron chi connectivity index (χ0n) is 13.1. The van der Waals surface area contributed by atoms with Crippen molar-refractivity contribution < 1.29 is 13.6 Å². The SMILES string of the molecule is O=C1C[C@H](Cc2ccccc2)CN1Cc1nnc(-c2ccco2)o1. The second-order valence-corrected chi connectivity index (χ2v) is 6.01. The van der Waals surface area contributed by atoms with Crippen LogP contribution in [0, 0.1) is 5.92 Å². The van der Waals surface area contributed by atoms with Crippen LogP contribution in [0.1, 0.15) is 17.9 Å². The summed E-state index contributed by atoms with van der Waals surface area (Å²) in [7, 11) is 0. The minimum absolute atomic E-state index is 0.133. The summed E-state index contributed by atoms with van der Waals surface area (Å²) in [5.74, 6) is 1.75. The fourth-order valence-electron chi connectivity index (χ4n) is 3.07. The third-order valence-electron chi connectivity index (χ3n) is 4.19. The topological polar surface area (TPSA) is 72.4 Å². The first kappa shape index (κ1) is 14.7. The van der Waals surface area contributed by atoms with Gasteiger partial charge in [0.1, 0.15) is 0 Å². The van der Waals surface area contributed by atoms with Gasteiger partial charge in [-0.15, -0.1) is 10.2 Å². The minimum Gasteiger partial charge on any atom is -0.459 e. The highest BCUT2D eigenvalue weighted by molar-refractivity contribution is 5.78. The number of aromatic nitrogens is 2. The monoisotopic (exact) mass is 323 g/mol. The maximum atomic E-state index is 12.2. The van der Waals surface area contributed by atoms with Gasteiger partial charge in [-0.1, -0.05) is 30.3 Å². The van der Waals surface area contributed by atoms with Gasteiger partial charge in [0.2, 0.25) is 11.8 Å². The van der Waals surface area contributed by atoms with E-state index in [0.29, 0.717) is 43.0 Å². The fourth-order valence-corrected chi connectivity index (χ4v) is 3.07. The van der Waals surface area contributed by atoms with Crippen molar-refractivity contribution >= 4 is 5.91 Å². The molecule has 0 N–H and O–H groups in total. The molecule has 4 rings (SSSR count). The van der Waals surface area contributed by atoms with Gasteiger partial charge in [-0.3, -0.25) is 4.79 Å². The predicted molar refractivity (Wildman–Crippen MR) is 85.7 cm³/mol. The maximum Gasteiger partial charge on any atom is 0.283 e. The summed E-state index contributed by atoms with van der Waals surface area (Å²) in [5.41, 5.74) is 1.26. The molecule has 1 aliphatic rings. The molecule has 24 heavy (non-hydrogen) atoms. The number of hydrogen-bond acceptors (Lipinski definition) is 5. The van der Waals surface area contributed by atoms with Gasteiger partial charge in [0.25, 0.3) is 5.89 Å². The van der Waals surface area contributed by atoms with Crippen LogP contribution < -0.4 is 0 Å². The summed E-state index contributed by atoms with van der Waals surface area (Å²) in [6, 6.07) is 13.8. The molecule has 0 saturated carbocycles. The van der Waals surface area contributed by atoms with Crippen molar-refractivity contribution in [3.63, 3.8) is 0 Å². The number of amides is 1. The third-order valence-corrected chi connectivity index (χ3v) is 4.19. The Bertz CT molecular complexity index is 811. The molecule has 3 heterocycles. The molecule has 0 unspecified atom stereocenters. The van der Waals surface area contributed by atoms with E-state index in [9.17, 15) is 4.79 Å². The number of carbonyl (C=O) groups excluding carboxylic acids is 1. The first-order valence-corrected chi connectivity index (χ1v) is 7.96. The number of benzene rings is 1. The van der Waals surface area contributed by atoms with Gasteiger partial charge in [-0.25, -0.2) is 0 Å². The summed E-state index contributed by atoms with van der Waals surface area (Å²) in [6.07, 6.45) is 3.02. The Balaban J connectivity index is 1.39. The Morgan fingerprint density at radius 3 is 2.79 bits per heavy atom. The van der Waals surface area contributed by atoms with Gasteiger partial charge in [-0.2, -0.15) is 0 Å². The maximum absolute atomic E-state index is 12.2. The summed E-state index contributed by atoms with van der Waals surface area (Å²) in [5, 5.41) is 7.97. The largest absolute Gasteiger partial charge is 0.459 e. The number of carbonyl (C=O) groups is 1. The van der Waals surface area contributed by atoms with Gasteiger partial charge in [-0.05, 0) is 30.0 Å². The molecule has 1 fully saturated rings. The first-order chi connectivity index (χ1) is 11.8. The van der Waals surface area contributed by atoms with E-state index in [1.165, 1.54) is 5.56 Å². The van der Waals surface area contributed by atoms with E-state index in [-0.39, 0.29) is 5.91 Å². The van der Waals surface area contributed by atoms with Crippen LogP contribution in [0.4, 0.5) is 0 Å². The minimum atomic E-state index is 0.133. The summed E-state index contributed by atoms with van der Waals surface area (Å²) in [6.45, 7) is 1.06. The van der Waals surface area contributed by atoms with Gasteiger partial charge in [0.15, 0.2) is 5.76 Å². The zero-order valence-corrected chi connectivity index (χ0v) is 13.1. The van der Waals surface area contributed by atoms with Crippen molar-refractivity contribution in [1.82, 2.24) is 15.1 Å². The van der Waals surface area contributed by atoms with Crippen LogP contribution in [0.3, 0.4) is 0 Å². The second kappa shape index (κ2) is 6.31. The molecule has 1 aliphatic heterocycles. The van der Waals surface area contributed by atoms with Gasteiger partial charge in [0.05, 0.1) is 12.8 Å². The predicted octanol–water partition coefficient (Wildman–Crippen LogP) is 2.92. The molecule has 122 valence electrons. The molecule has 0 radical (unpaired) electrons. The van der Waals surface area contributed by atoms with E-state index >= 15 is 0 Å². The zero-order chi connectivity index (χ0) is 16.4. The average Bonchev–Trinajstić information content (AvgIpc) is 3.31. The van der Waals surface area contributed by atoms with E-state index < -0.39 is 0 Å². The van der Waals surface area contributed by atoms with Crippen LogP contribution in [0.15, 0.2) is 57.6 Å². The lowest BCUT2D eigenvalue weighted by Gasteiger charge is -2.14. The van der Waals surface area contributed by atoms with E-state index in [2.05, 4.69) is 22.3 Å². The summed E-state index contributed by atoms with van der Waals surface area (Å²) >= 11 is 0. The number of likely N-dealkylation sites (tertiary alicyclic amines) is 1.